The van der Waals surface area contributed by atoms with Crippen LogP contribution in [-0.4, -0.2) is 105 Å². The lowest BCUT2D eigenvalue weighted by atomic mass is 9.81. The highest BCUT2D eigenvalue weighted by Crippen LogP contribution is 2.31. The molecule has 2 aliphatic rings. The zero-order valence-electron chi connectivity index (χ0n) is 30.5. The molecule has 0 bridgehead atoms. The van der Waals surface area contributed by atoms with Gasteiger partial charge in [-0.3, -0.25) is 14.4 Å². The molecule has 274 valence electrons. The highest BCUT2D eigenvalue weighted by atomic mass is 16.8. The Balaban J connectivity index is 1.57. The van der Waals surface area contributed by atoms with Gasteiger partial charge in [0.05, 0.1) is 19.7 Å². The van der Waals surface area contributed by atoms with Gasteiger partial charge in [0.2, 0.25) is 11.8 Å². The third-order valence-corrected chi connectivity index (χ3v) is 8.08. The van der Waals surface area contributed by atoms with E-state index < -0.39 is 29.7 Å². The monoisotopic (exact) mass is 696 g/mol. The number of carbonyl (C=O) groups is 4. The minimum atomic E-state index is -1.07. The number of hydrogen-bond acceptors (Lipinski definition) is 12. The number of aromatic nitrogens is 2. The lowest BCUT2D eigenvalue weighted by molar-refractivity contribution is -0.158. The number of ether oxygens (including phenoxy) is 3. The molecule has 2 fully saturated rings. The topological polar surface area (TPSA) is 162 Å². The summed E-state index contributed by atoms with van der Waals surface area (Å²) in [5.74, 6) is -0.945. The number of nitrogens with zero attached hydrogens (tertiary/aromatic N) is 4. The molecule has 4 rings (SSSR count). The summed E-state index contributed by atoms with van der Waals surface area (Å²) in [5.41, 5.74) is -0.360. The molecular weight excluding hydrogens is 644 g/mol. The van der Waals surface area contributed by atoms with Crippen LogP contribution in [0, 0.1) is 0 Å². The smallest absolute Gasteiger partial charge is 0.474 e. The van der Waals surface area contributed by atoms with Crippen LogP contribution < -0.4 is 15.4 Å². The second-order valence-electron chi connectivity index (χ2n) is 15.0. The molecule has 2 amide bonds. The molecule has 0 saturated carbocycles. The van der Waals surface area contributed by atoms with Crippen molar-refractivity contribution in [2.75, 3.05) is 32.8 Å². The Kier molecular flexibility index (Phi) is 12.4. The van der Waals surface area contributed by atoms with E-state index >= 15 is 0 Å². The number of amides is 2. The Morgan fingerprint density at radius 2 is 1.62 bits per heavy atom. The first-order valence-electron chi connectivity index (χ1n) is 17.2. The summed E-state index contributed by atoms with van der Waals surface area (Å²) in [6, 6.07) is 9.69. The Morgan fingerprint density at radius 3 is 2.22 bits per heavy atom. The van der Waals surface area contributed by atoms with E-state index in [0.717, 1.165) is 12.8 Å². The molecule has 0 unspecified atom stereocenters. The third-order valence-electron chi connectivity index (χ3n) is 8.08. The molecule has 0 spiro atoms. The Morgan fingerprint density at radius 1 is 0.980 bits per heavy atom. The number of hydroxylamine groups is 2. The minimum Gasteiger partial charge on any atom is -0.474 e. The first-order chi connectivity index (χ1) is 23.4. The molecule has 14 nitrogen and oxygen atoms in total. The molecular formula is C36H52N6O8. The van der Waals surface area contributed by atoms with Crippen molar-refractivity contribution in [1.29, 1.82) is 0 Å². The van der Waals surface area contributed by atoms with Crippen LogP contribution in [0.25, 0.3) is 11.4 Å². The van der Waals surface area contributed by atoms with E-state index in [1.807, 2.05) is 30.3 Å². The molecule has 0 radical (unpaired) electrons. The molecule has 1 atom stereocenters. The van der Waals surface area contributed by atoms with Crippen LogP contribution in [0.4, 0.5) is 4.79 Å². The number of esters is 1. The number of carbonyl (C=O) groups excluding carboxylic acids is 4. The fourth-order valence-corrected chi connectivity index (χ4v) is 6.41. The van der Waals surface area contributed by atoms with Gasteiger partial charge in [-0.2, -0.15) is 4.98 Å². The van der Waals surface area contributed by atoms with E-state index in [0.29, 0.717) is 11.4 Å². The van der Waals surface area contributed by atoms with Gasteiger partial charge < -0.3 is 34.6 Å². The molecule has 2 saturated heterocycles. The summed E-state index contributed by atoms with van der Waals surface area (Å²) in [5, 5.41) is 7.90. The molecule has 2 aliphatic heterocycles. The van der Waals surface area contributed by atoms with Crippen molar-refractivity contribution in [2.24, 2.45) is 0 Å². The summed E-state index contributed by atoms with van der Waals surface area (Å²) < 4.78 is 16.8. The van der Waals surface area contributed by atoms with Crippen LogP contribution in [0.1, 0.15) is 91.6 Å². The van der Waals surface area contributed by atoms with Gasteiger partial charge in [0, 0.05) is 55.1 Å². The summed E-state index contributed by atoms with van der Waals surface area (Å²) in [6.45, 7) is 16.6. The van der Waals surface area contributed by atoms with Gasteiger partial charge in [0.15, 0.2) is 5.82 Å². The van der Waals surface area contributed by atoms with E-state index in [4.69, 9.17) is 19.0 Å². The van der Waals surface area contributed by atoms with Crippen LogP contribution in [0.2, 0.25) is 0 Å². The summed E-state index contributed by atoms with van der Waals surface area (Å²) in [4.78, 5) is 68.3. The highest BCUT2D eigenvalue weighted by Gasteiger charge is 2.39. The number of hydrogen-bond donors (Lipinski definition) is 2. The molecule has 0 aliphatic carbocycles. The van der Waals surface area contributed by atoms with Crippen molar-refractivity contribution in [3.05, 3.63) is 42.1 Å². The fraction of sp³-hybridized carbons (Fsp3) is 0.611. The van der Waals surface area contributed by atoms with Crippen molar-refractivity contribution in [1.82, 2.24) is 30.6 Å². The van der Waals surface area contributed by atoms with Crippen LogP contribution in [0.5, 0.6) is 5.88 Å². The highest BCUT2D eigenvalue weighted by molar-refractivity contribution is 5.96. The summed E-state index contributed by atoms with van der Waals surface area (Å²) >= 11 is 0. The lowest BCUT2D eigenvalue weighted by Gasteiger charge is -2.46. The molecule has 14 heteroatoms. The number of nitrogens with one attached hydrogen (secondary N) is 2. The SMILES string of the molecule is CCOC(=O)ON1CCN(C(=O)[C@H](CCC(=O)OC(C)(C)C)NC(=O)c2cc(OC3CC(C)(C)NC(C)(C)C3)nc(-c3ccccc3)n2)CC1. The minimum absolute atomic E-state index is 0.00174. The van der Waals surface area contributed by atoms with Crippen LogP contribution in [-0.2, 0) is 23.9 Å². The average Bonchev–Trinajstić information content (AvgIpc) is 3.01. The molecule has 2 N–H and O–H groups in total. The van der Waals surface area contributed by atoms with E-state index in [1.54, 1.807) is 32.6 Å². The number of piperidine rings is 1. The molecule has 50 heavy (non-hydrogen) atoms. The first kappa shape index (κ1) is 38.5. The van der Waals surface area contributed by atoms with Crippen LogP contribution in [0.3, 0.4) is 0 Å². The molecule has 3 heterocycles. The molecule has 2 aromatic rings. The van der Waals surface area contributed by atoms with Crippen molar-refractivity contribution in [2.45, 2.75) is 110 Å². The molecule has 1 aromatic carbocycles. The van der Waals surface area contributed by atoms with Crippen LogP contribution in [0.15, 0.2) is 36.4 Å². The van der Waals surface area contributed by atoms with E-state index in [1.165, 1.54) is 11.1 Å². The maximum Gasteiger partial charge on any atom is 0.527 e. The maximum absolute atomic E-state index is 14.0. The second-order valence-corrected chi connectivity index (χ2v) is 15.0. The Bertz CT molecular complexity index is 1490. The third kappa shape index (κ3) is 11.7. The van der Waals surface area contributed by atoms with Crippen molar-refractivity contribution < 1.29 is 38.2 Å². The largest absolute Gasteiger partial charge is 0.527 e. The zero-order valence-corrected chi connectivity index (χ0v) is 30.5. The fourth-order valence-electron chi connectivity index (χ4n) is 6.41. The molecule has 1 aromatic heterocycles. The van der Waals surface area contributed by atoms with E-state index in [-0.39, 0.29) is 80.3 Å². The quantitative estimate of drug-likeness (QED) is 0.321. The number of rotatable bonds is 11. The Hall–Kier alpha value is -4.30. The lowest BCUT2D eigenvalue weighted by Crippen LogP contribution is -2.60. The Labute approximate surface area is 294 Å². The zero-order chi connectivity index (χ0) is 36.7. The van der Waals surface area contributed by atoms with Crippen LogP contribution >= 0.6 is 0 Å². The summed E-state index contributed by atoms with van der Waals surface area (Å²) in [6.07, 6.45) is 0.354. The van der Waals surface area contributed by atoms with Crippen molar-refractivity contribution >= 4 is 23.9 Å². The predicted octanol–water partition coefficient (Wildman–Crippen LogP) is 4.28. The standard InChI is InChI=1S/C36H52N6O8/c1-9-47-33(46)50-42-19-17-41(18-20-42)32(45)26(15-16-29(43)49-34(2,3)4)38-31(44)27-21-28(39-30(37-27)24-13-11-10-12-14-24)48-25-22-35(5,6)40-36(7,8)23-25/h10-14,21,25-26,40H,9,15-20,22-23H2,1-8H3,(H,38,44)/t26-/m0/s1. The van der Waals surface area contributed by atoms with E-state index in [9.17, 15) is 19.2 Å². The number of benzene rings is 1. The van der Waals surface area contributed by atoms with Gasteiger partial charge in [-0.15, -0.1) is 5.06 Å². The summed E-state index contributed by atoms with van der Waals surface area (Å²) in [7, 11) is 0. The van der Waals surface area contributed by atoms with Gasteiger partial charge in [-0.05, 0) is 61.8 Å². The van der Waals surface area contributed by atoms with E-state index in [2.05, 4.69) is 48.3 Å². The van der Waals surface area contributed by atoms with Gasteiger partial charge in [0.1, 0.15) is 23.4 Å². The van der Waals surface area contributed by atoms with Crippen molar-refractivity contribution in [3.8, 4) is 17.3 Å². The van der Waals surface area contributed by atoms with Gasteiger partial charge in [-0.1, -0.05) is 30.3 Å². The van der Waals surface area contributed by atoms with Crippen molar-refractivity contribution in [3.63, 3.8) is 0 Å². The second kappa shape index (κ2) is 16.2. The van der Waals surface area contributed by atoms with Gasteiger partial charge >= 0.3 is 12.1 Å². The number of piperazine rings is 1. The average molecular weight is 697 g/mol. The normalized spacial score (nSPS) is 18.4. The van der Waals surface area contributed by atoms with Gasteiger partial charge in [-0.25, -0.2) is 9.78 Å². The predicted molar refractivity (Wildman–Crippen MR) is 185 cm³/mol. The maximum atomic E-state index is 14.0. The first-order valence-corrected chi connectivity index (χ1v) is 17.2. The van der Waals surface area contributed by atoms with Gasteiger partial charge in [0.25, 0.3) is 5.91 Å².